The Balaban J connectivity index is 1.36. The average Bonchev–Trinajstić information content (AvgIpc) is 3.89. The third kappa shape index (κ3) is 4.53. The highest BCUT2D eigenvalue weighted by atomic mass is 16.5. The number of fused-ring (bicyclic) bond motifs is 4. The summed E-state index contributed by atoms with van der Waals surface area (Å²) in [7, 11) is 0. The molecule has 48 heavy (non-hydrogen) atoms. The first-order valence-corrected chi connectivity index (χ1v) is 16.0. The first-order chi connectivity index (χ1) is 23.1. The molecule has 1 amide bonds. The number of para-hydroxylation sites is 1. The Labute approximate surface area is 274 Å². The molecule has 6 heterocycles. The van der Waals surface area contributed by atoms with Crippen LogP contribution in [-0.2, 0) is 21.4 Å². The lowest BCUT2D eigenvalue weighted by molar-refractivity contribution is -0.135. The SMILES string of the molecule is CC(C)[C@H](O)C(=O)CC1Cc2ccc3c(c2)[C@@]2(c4ccccc4NC2O3)c2oc(nc2-c2nc(-c3nn[nH]n3)co2)[C@H](C(C)C)NC1=O. The van der Waals surface area contributed by atoms with Crippen molar-refractivity contribution in [3.63, 3.8) is 0 Å². The third-order valence-corrected chi connectivity index (χ3v) is 9.52. The van der Waals surface area contributed by atoms with Gasteiger partial charge >= 0.3 is 0 Å². The van der Waals surface area contributed by atoms with E-state index in [9.17, 15) is 14.7 Å². The number of H-pyrrole nitrogens is 1. The van der Waals surface area contributed by atoms with E-state index < -0.39 is 29.7 Å². The third-order valence-electron chi connectivity index (χ3n) is 9.52. The van der Waals surface area contributed by atoms with E-state index in [0.717, 1.165) is 22.4 Å². The lowest BCUT2D eigenvalue weighted by Crippen LogP contribution is -2.41. The molecule has 14 heteroatoms. The van der Waals surface area contributed by atoms with Crippen molar-refractivity contribution in [2.75, 3.05) is 5.32 Å². The monoisotopic (exact) mass is 650 g/mol. The maximum Gasteiger partial charge on any atom is 0.249 e. The number of hydrogen-bond donors (Lipinski definition) is 4. The minimum absolute atomic E-state index is 0.126. The van der Waals surface area contributed by atoms with Gasteiger partial charge in [0, 0.05) is 23.6 Å². The van der Waals surface area contributed by atoms with Crippen molar-refractivity contribution in [1.82, 2.24) is 35.9 Å². The normalized spacial score (nSPS) is 23.1. The molecular weight excluding hydrogens is 616 g/mol. The maximum atomic E-state index is 14.1. The first kappa shape index (κ1) is 30.0. The fourth-order valence-electron chi connectivity index (χ4n) is 7.05. The summed E-state index contributed by atoms with van der Waals surface area (Å²) in [6, 6.07) is 13.1. The minimum Gasteiger partial charge on any atom is -0.469 e. The molecule has 2 aromatic carbocycles. The van der Waals surface area contributed by atoms with Crippen LogP contribution in [0.1, 0.15) is 68.5 Å². The van der Waals surface area contributed by atoms with E-state index in [1.165, 1.54) is 6.26 Å². The number of rotatable bonds is 7. The van der Waals surface area contributed by atoms with Crippen LogP contribution in [0.3, 0.4) is 0 Å². The first-order valence-electron chi connectivity index (χ1n) is 16.0. The van der Waals surface area contributed by atoms with Gasteiger partial charge in [-0.2, -0.15) is 5.21 Å². The second-order valence-electron chi connectivity index (χ2n) is 13.3. The molecule has 14 nitrogen and oxygen atoms in total. The standard InChI is InChI=1S/C34H34N8O6/c1-15(2)25-32-38-26(31-35-22(14-46-31)29-39-41-42-40-29)28(48-32)34-19-7-5-6-8-21(19)36-33(34)47-24-10-9-17(12-20(24)34)11-18(30(45)37-25)13-23(43)27(44)16(3)4/h5-10,12,14-16,18,25,27,33,36,44H,11,13H2,1-4H3,(H,37,45)(H,39,40,41,42)/t18?,25-,27-,33?,34-/m0/s1. The van der Waals surface area contributed by atoms with Crippen molar-refractivity contribution in [2.24, 2.45) is 17.8 Å². The van der Waals surface area contributed by atoms with E-state index in [4.69, 9.17) is 18.6 Å². The molecule has 5 aromatic rings. The summed E-state index contributed by atoms with van der Waals surface area (Å²) in [5.41, 5.74) is 3.06. The average molecular weight is 651 g/mol. The largest absolute Gasteiger partial charge is 0.469 e. The Morgan fingerprint density at radius 2 is 1.92 bits per heavy atom. The van der Waals surface area contributed by atoms with Crippen molar-refractivity contribution in [2.45, 2.75) is 64.3 Å². The van der Waals surface area contributed by atoms with Crippen LogP contribution < -0.4 is 15.4 Å². The number of aliphatic hydroxyl groups is 1. The van der Waals surface area contributed by atoms with Gasteiger partial charge in [0.25, 0.3) is 0 Å². The summed E-state index contributed by atoms with van der Waals surface area (Å²) >= 11 is 0. The zero-order valence-electron chi connectivity index (χ0n) is 26.7. The van der Waals surface area contributed by atoms with Crippen molar-refractivity contribution in [1.29, 1.82) is 0 Å². The summed E-state index contributed by atoms with van der Waals surface area (Å²) < 4.78 is 19.5. The van der Waals surface area contributed by atoms with Crippen LogP contribution in [0.4, 0.5) is 5.69 Å². The summed E-state index contributed by atoms with van der Waals surface area (Å²) in [6.45, 7) is 7.46. The predicted octanol–water partition coefficient (Wildman–Crippen LogP) is 3.95. The number of ether oxygens (including phenoxy) is 1. The number of nitrogens with zero attached hydrogens (tertiary/aromatic N) is 5. The molecule has 0 saturated carbocycles. The molecule has 4 bridgehead atoms. The zero-order chi connectivity index (χ0) is 33.3. The van der Waals surface area contributed by atoms with Crippen LogP contribution in [0, 0.1) is 17.8 Å². The van der Waals surface area contributed by atoms with Gasteiger partial charge in [-0.25, -0.2) is 9.97 Å². The number of carbonyl (C=O) groups is 2. The number of carbonyl (C=O) groups excluding carboxylic acids is 2. The van der Waals surface area contributed by atoms with Crippen molar-refractivity contribution >= 4 is 17.4 Å². The molecule has 0 radical (unpaired) electrons. The molecule has 2 unspecified atom stereocenters. The van der Waals surface area contributed by atoms with E-state index in [2.05, 4.69) is 36.2 Å². The second kappa shape index (κ2) is 11.1. The number of aliphatic hydroxyl groups excluding tert-OH is 1. The number of anilines is 1. The number of aromatic nitrogens is 6. The number of tetrazole rings is 1. The van der Waals surface area contributed by atoms with Crippen LogP contribution in [0.2, 0.25) is 0 Å². The molecule has 4 N–H and O–H groups in total. The second-order valence-corrected chi connectivity index (χ2v) is 13.3. The van der Waals surface area contributed by atoms with Crippen LogP contribution in [0.5, 0.6) is 5.75 Å². The van der Waals surface area contributed by atoms with Crippen LogP contribution in [0.25, 0.3) is 23.1 Å². The van der Waals surface area contributed by atoms with E-state index in [1.807, 2.05) is 56.3 Å². The lowest BCUT2D eigenvalue weighted by Gasteiger charge is -2.28. The van der Waals surface area contributed by atoms with Crippen molar-refractivity contribution < 1.29 is 28.3 Å². The number of aromatic amines is 1. The van der Waals surface area contributed by atoms with Crippen molar-refractivity contribution in [3.8, 4) is 28.9 Å². The summed E-state index contributed by atoms with van der Waals surface area (Å²) in [5.74, 6) is -0.185. The van der Waals surface area contributed by atoms with Gasteiger partial charge in [-0.15, -0.1) is 10.2 Å². The van der Waals surface area contributed by atoms with Crippen LogP contribution in [-0.4, -0.2) is 59.7 Å². The van der Waals surface area contributed by atoms with E-state index in [1.54, 1.807) is 13.8 Å². The Morgan fingerprint density at radius 3 is 2.69 bits per heavy atom. The Morgan fingerprint density at radius 1 is 1.08 bits per heavy atom. The van der Waals surface area contributed by atoms with Gasteiger partial charge in [-0.1, -0.05) is 58.0 Å². The zero-order valence-corrected chi connectivity index (χ0v) is 26.7. The van der Waals surface area contributed by atoms with Crippen molar-refractivity contribution in [3.05, 3.63) is 77.1 Å². The quantitative estimate of drug-likeness (QED) is 0.198. The van der Waals surface area contributed by atoms with E-state index in [0.29, 0.717) is 22.9 Å². The lowest BCUT2D eigenvalue weighted by atomic mass is 9.72. The summed E-state index contributed by atoms with van der Waals surface area (Å²) in [5, 5.41) is 31.4. The van der Waals surface area contributed by atoms with Crippen LogP contribution in [0.15, 0.2) is 57.6 Å². The molecule has 1 spiro atoms. The molecule has 3 aliphatic heterocycles. The molecule has 3 aromatic heterocycles. The fraction of sp³-hybridized carbons (Fsp3) is 0.382. The molecule has 246 valence electrons. The number of amides is 1. The number of Topliss-reactive ketones (excluding diaryl/α,β-unsaturated/α-hetero) is 1. The molecule has 8 rings (SSSR count). The maximum absolute atomic E-state index is 14.1. The van der Waals surface area contributed by atoms with Gasteiger partial charge in [0.2, 0.25) is 23.5 Å². The number of benzene rings is 2. The molecular formula is C34H34N8O6. The number of oxazole rings is 2. The smallest absolute Gasteiger partial charge is 0.249 e. The Kier molecular flexibility index (Phi) is 6.95. The van der Waals surface area contributed by atoms with Crippen LogP contribution >= 0.6 is 0 Å². The van der Waals surface area contributed by atoms with Gasteiger partial charge in [0.1, 0.15) is 29.6 Å². The highest BCUT2D eigenvalue weighted by molar-refractivity contribution is 5.89. The number of hydrogen-bond acceptors (Lipinski definition) is 12. The number of nitrogens with one attached hydrogen (secondary N) is 3. The molecule has 3 aliphatic rings. The predicted molar refractivity (Wildman–Crippen MR) is 169 cm³/mol. The number of ketones is 1. The van der Waals surface area contributed by atoms with E-state index >= 15 is 0 Å². The summed E-state index contributed by atoms with van der Waals surface area (Å²) in [6.07, 6.45) is -0.217. The summed E-state index contributed by atoms with van der Waals surface area (Å²) in [4.78, 5) is 36.9. The van der Waals surface area contributed by atoms with Gasteiger partial charge < -0.3 is 29.3 Å². The van der Waals surface area contributed by atoms with Gasteiger partial charge in [0.15, 0.2) is 29.2 Å². The Bertz CT molecular complexity index is 2030. The molecule has 0 saturated heterocycles. The van der Waals surface area contributed by atoms with Gasteiger partial charge in [-0.3, -0.25) is 9.59 Å². The van der Waals surface area contributed by atoms with E-state index in [-0.39, 0.29) is 54.0 Å². The molecule has 0 aliphatic carbocycles. The molecule has 5 atom stereocenters. The highest BCUT2D eigenvalue weighted by Crippen LogP contribution is 2.59. The Hall–Kier alpha value is -5.37. The minimum atomic E-state index is -1.17. The topological polar surface area (TPSA) is 194 Å². The van der Waals surface area contributed by atoms with Gasteiger partial charge in [-0.05, 0) is 46.7 Å². The van der Waals surface area contributed by atoms with Gasteiger partial charge in [0.05, 0.1) is 0 Å². The molecule has 0 fully saturated rings. The fourth-order valence-corrected chi connectivity index (χ4v) is 7.05. The highest BCUT2D eigenvalue weighted by Gasteiger charge is 2.61.